The molecule has 0 aliphatic carbocycles. The molecule has 0 atom stereocenters. The van der Waals surface area contributed by atoms with Gasteiger partial charge >= 0.3 is 0 Å². The molecule has 5 heteroatoms. The summed E-state index contributed by atoms with van der Waals surface area (Å²) in [5, 5.41) is 4.44. The van der Waals surface area contributed by atoms with E-state index in [2.05, 4.69) is 40.3 Å². The maximum atomic E-state index is 5.01. The Kier molecular flexibility index (Phi) is 5.51. The fraction of sp³-hybridized carbons (Fsp3) is 0.357. The quantitative estimate of drug-likeness (QED) is 0.815. The van der Waals surface area contributed by atoms with Gasteiger partial charge in [-0.2, -0.15) is 0 Å². The van der Waals surface area contributed by atoms with Gasteiger partial charge in [0.1, 0.15) is 5.01 Å². The van der Waals surface area contributed by atoms with Crippen molar-refractivity contribution in [3.8, 4) is 11.3 Å². The minimum Gasteiger partial charge on any atom is -0.383 e. The fourth-order valence-electron chi connectivity index (χ4n) is 1.77. The summed E-state index contributed by atoms with van der Waals surface area (Å²) in [6.07, 6.45) is 0. The van der Waals surface area contributed by atoms with E-state index in [-0.39, 0.29) is 0 Å². The van der Waals surface area contributed by atoms with Crippen molar-refractivity contribution in [3.05, 3.63) is 38.6 Å². The van der Waals surface area contributed by atoms with Crippen LogP contribution in [0.25, 0.3) is 11.3 Å². The lowest BCUT2D eigenvalue weighted by molar-refractivity contribution is 0.199. The number of rotatable bonds is 6. The predicted octanol–water partition coefficient (Wildman–Crippen LogP) is 3.62. The van der Waals surface area contributed by atoms with Crippen LogP contribution >= 0.6 is 27.3 Å². The molecule has 1 aromatic carbocycles. The summed E-state index contributed by atoms with van der Waals surface area (Å²) in [5.41, 5.74) is 2.25. The standard InChI is InChI=1S/C14H17BrN2OS/c1-10-14(11-3-5-12(15)6-4-11)17-13(19-10)9-16-7-8-18-2/h3-6,16H,7-9H2,1-2H3. The summed E-state index contributed by atoms with van der Waals surface area (Å²) in [4.78, 5) is 5.96. The number of aromatic nitrogens is 1. The predicted molar refractivity (Wildman–Crippen MR) is 83.6 cm³/mol. The molecular formula is C14H17BrN2OS. The normalized spacial score (nSPS) is 10.9. The zero-order valence-corrected chi connectivity index (χ0v) is 13.5. The van der Waals surface area contributed by atoms with Crippen LogP contribution in [0.5, 0.6) is 0 Å². The number of benzene rings is 1. The highest BCUT2D eigenvalue weighted by Gasteiger charge is 2.09. The molecule has 0 saturated heterocycles. The van der Waals surface area contributed by atoms with E-state index in [1.54, 1.807) is 18.4 Å². The molecule has 3 nitrogen and oxygen atoms in total. The number of halogens is 1. The first-order valence-electron chi connectivity index (χ1n) is 6.12. The Bertz CT molecular complexity index is 525. The first-order chi connectivity index (χ1) is 9.20. The highest BCUT2D eigenvalue weighted by Crippen LogP contribution is 2.28. The average Bonchev–Trinajstić information content (AvgIpc) is 2.77. The van der Waals surface area contributed by atoms with Crippen molar-refractivity contribution in [1.82, 2.24) is 10.3 Å². The largest absolute Gasteiger partial charge is 0.383 e. The SMILES string of the molecule is COCCNCc1nc(-c2ccc(Br)cc2)c(C)s1. The van der Waals surface area contributed by atoms with Gasteiger partial charge < -0.3 is 10.1 Å². The van der Waals surface area contributed by atoms with Crippen LogP contribution in [0.1, 0.15) is 9.88 Å². The van der Waals surface area contributed by atoms with Crippen LogP contribution in [0.3, 0.4) is 0 Å². The lowest BCUT2D eigenvalue weighted by Crippen LogP contribution is -2.18. The Balaban J connectivity index is 2.06. The van der Waals surface area contributed by atoms with Crippen LogP contribution in [0.2, 0.25) is 0 Å². The number of hydrogen-bond donors (Lipinski definition) is 1. The van der Waals surface area contributed by atoms with Crippen molar-refractivity contribution >= 4 is 27.3 Å². The summed E-state index contributed by atoms with van der Waals surface area (Å²) in [7, 11) is 1.71. The van der Waals surface area contributed by atoms with Gasteiger partial charge in [-0.15, -0.1) is 11.3 Å². The molecule has 1 aromatic heterocycles. The summed E-state index contributed by atoms with van der Waals surface area (Å²) < 4.78 is 6.09. The third-order valence-corrected chi connectivity index (χ3v) is 4.22. The van der Waals surface area contributed by atoms with Gasteiger partial charge in [-0.25, -0.2) is 4.98 Å². The third kappa shape index (κ3) is 4.11. The van der Waals surface area contributed by atoms with E-state index in [4.69, 9.17) is 9.72 Å². The van der Waals surface area contributed by atoms with E-state index in [1.165, 1.54) is 10.4 Å². The van der Waals surface area contributed by atoms with Crippen LogP contribution in [0.4, 0.5) is 0 Å². The van der Waals surface area contributed by atoms with E-state index in [0.717, 1.165) is 34.9 Å². The maximum Gasteiger partial charge on any atom is 0.107 e. The zero-order chi connectivity index (χ0) is 13.7. The van der Waals surface area contributed by atoms with Gasteiger partial charge in [0.15, 0.2) is 0 Å². The molecular weight excluding hydrogens is 324 g/mol. The Labute approximate surface area is 126 Å². The van der Waals surface area contributed by atoms with Crippen LogP contribution in [-0.2, 0) is 11.3 Å². The number of ether oxygens (including phenoxy) is 1. The van der Waals surface area contributed by atoms with E-state index < -0.39 is 0 Å². The average molecular weight is 341 g/mol. The topological polar surface area (TPSA) is 34.1 Å². The number of hydrogen-bond acceptors (Lipinski definition) is 4. The van der Waals surface area contributed by atoms with Crippen molar-refractivity contribution < 1.29 is 4.74 Å². The number of nitrogens with zero attached hydrogens (tertiary/aromatic N) is 1. The monoisotopic (exact) mass is 340 g/mol. The molecule has 1 heterocycles. The molecule has 19 heavy (non-hydrogen) atoms. The van der Waals surface area contributed by atoms with Crippen molar-refractivity contribution in [2.24, 2.45) is 0 Å². The van der Waals surface area contributed by atoms with E-state index in [9.17, 15) is 0 Å². The molecule has 0 aliphatic rings. The Morgan fingerprint density at radius 2 is 2.05 bits per heavy atom. The molecule has 0 aliphatic heterocycles. The fourth-order valence-corrected chi connectivity index (χ4v) is 2.96. The van der Waals surface area contributed by atoms with E-state index in [0.29, 0.717) is 0 Å². The van der Waals surface area contributed by atoms with Crippen LogP contribution in [0, 0.1) is 6.92 Å². The molecule has 0 amide bonds. The van der Waals surface area contributed by atoms with Crippen molar-refractivity contribution in [2.75, 3.05) is 20.3 Å². The van der Waals surface area contributed by atoms with Gasteiger partial charge in [0.2, 0.25) is 0 Å². The maximum absolute atomic E-state index is 5.01. The Hall–Kier alpha value is -0.750. The number of aryl methyl sites for hydroxylation is 1. The number of nitrogens with one attached hydrogen (secondary N) is 1. The minimum absolute atomic E-state index is 0.726. The van der Waals surface area contributed by atoms with Crippen molar-refractivity contribution in [3.63, 3.8) is 0 Å². The molecule has 0 spiro atoms. The second-order valence-electron chi connectivity index (χ2n) is 4.19. The Morgan fingerprint density at radius 1 is 1.32 bits per heavy atom. The molecule has 2 rings (SSSR count). The summed E-state index contributed by atoms with van der Waals surface area (Å²) in [5.74, 6) is 0. The van der Waals surface area contributed by atoms with E-state index >= 15 is 0 Å². The Morgan fingerprint density at radius 3 is 2.74 bits per heavy atom. The molecule has 0 saturated carbocycles. The van der Waals surface area contributed by atoms with Crippen molar-refractivity contribution in [1.29, 1.82) is 0 Å². The molecule has 0 fully saturated rings. The molecule has 0 radical (unpaired) electrons. The highest BCUT2D eigenvalue weighted by molar-refractivity contribution is 9.10. The highest BCUT2D eigenvalue weighted by atomic mass is 79.9. The van der Waals surface area contributed by atoms with Crippen LogP contribution < -0.4 is 5.32 Å². The van der Waals surface area contributed by atoms with Gasteiger partial charge in [-0.3, -0.25) is 0 Å². The number of thiazole rings is 1. The van der Waals surface area contributed by atoms with Gasteiger partial charge in [0.25, 0.3) is 0 Å². The second kappa shape index (κ2) is 7.14. The van der Waals surface area contributed by atoms with Crippen LogP contribution in [0.15, 0.2) is 28.7 Å². The number of methoxy groups -OCH3 is 1. The summed E-state index contributed by atoms with van der Waals surface area (Å²) in [6, 6.07) is 8.28. The first kappa shape index (κ1) is 14.7. The van der Waals surface area contributed by atoms with Gasteiger partial charge in [-0.05, 0) is 19.1 Å². The smallest absolute Gasteiger partial charge is 0.107 e. The lowest BCUT2D eigenvalue weighted by Gasteiger charge is -2.00. The zero-order valence-electron chi connectivity index (χ0n) is 11.1. The molecule has 0 unspecified atom stereocenters. The summed E-state index contributed by atoms with van der Waals surface area (Å²) >= 11 is 5.20. The van der Waals surface area contributed by atoms with Gasteiger partial charge in [0.05, 0.1) is 12.3 Å². The first-order valence-corrected chi connectivity index (χ1v) is 7.73. The van der Waals surface area contributed by atoms with E-state index in [1.807, 2.05) is 12.1 Å². The molecule has 0 bridgehead atoms. The third-order valence-electron chi connectivity index (χ3n) is 2.72. The second-order valence-corrected chi connectivity index (χ2v) is 6.39. The molecule has 2 aromatic rings. The minimum atomic E-state index is 0.726. The van der Waals surface area contributed by atoms with Gasteiger partial charge in [-0.1, -0.05) is 28.1 Å². The van der Waals surface area contributed by atoms with Crippen molar-refractivity contribution in [2.45, 2.75) is 13.5 Å². The summed E-state index contributed by atoms with van der Waals surface area (Å²) in [6.45, 7) is 4.49. The van der Waals surface area contributed by atoms with Crippen LogP contribution in [-0.4, -0.2) is 25.2 Å². The molecule has 1 N–H and O–H groups in total. The van der Waals surface area contributed by atoms with Gasteiger partial charge in [0, 0.05) is 35.1 Å². The lowest BCUT2D eigenvalue weighted by atomic mass is 10.1. The molecule has 102 valence electrons.